The van der Waals surface area contributed by atoms with Gasteiger partial charge in [0, 0.05) is 24.4 Å². The Balaban J connectivity index is 1.48. The molecule has 1 atom stereocenters. The third-order valence-electron chi connectivity index (χ3n) is 6.68. The van der Waals surface area contributed by atoms with E-state index in [1.165, 1.54) is 31.4 Å². The molecular weight excluding hydrogens is 447 g/mol. The maximum Gasteiger partial charge on any atom is 0.416 e. The van der Waals surface area contributed by atoms with Gasteiger partial charge < -0.3 is 9.64 Å². The fourth-order valence-corrected chi connectivity index (χ4v) is 5.19. The van der Waals surface area contributed by atoms with E-state index in [4.69, 9.17) is 4.74 Å². The first-order chi connectivity index (χ1) is 15.8. The fourth-order valence-electron chi connectivity index (χ4n) is 4.78. The van der Waals surface area contributed by atoms with Gasteiger partial charge in [-0.05, 0) is 54.3 Å². The third-order valence-corrected chi connectivity index (χ3v) is 7.43. The van der Waals surface area contributed by atoms with Crippen LogP contribution in [0, 0.1) is 5.92 Å². The van der Waals surface area contributed by atoms with Crippen molar-refractivity contribution in [3.63, 3.8) is 0 Å². The Morgan fingerprint density at radius 3 is 2.36 bits per heavy atom. The van der Waals surface area contributed by atoms with Crippen molar-refractivity contribution >= 4 is 17.7 Å². The molecule has 2 aliphatic rings. The van der Waals surface area contributed by atoms with Gasteiger partial charge in [0.1, 0.15) is 6.10 Å². The first-order valence-electron chi connectivity index (χ1n) is 11.6. The van der Waals surface area contributed by atoms with Crippen molar-refractivity contribution in [1.29, 1.82) is 0 Å². The van der Waals surface area contributed by atoms with E-state index in [-0.39, 0.29) is 17.6 Å². The van der Waals surface area contributed by atoms with Gasteiger partial charge in [-0.2, -0.15) is 13.2 Å². The van der Waals surface area contributed by atoms with Crippen LogP contribution in [0.25, 0.3) is 0 Å². The Morgan fingerprint density at radius 1 is 1.06 bits per heavy atom. The molecule has 4 rings (SSSR count). The van der Waals surface area contributed by atoms with Crippen LogP contribution in [-0.4, -0.2) is 36.3 Å². The highest BCUT2D eigenvalue weighted by molar-refractivity contribution is 7.98. The van der Waals surface area contributed by atoms with Crippen LogP contribution in [0.5, 0.6) is 0 Å². The van der Waals surface area contributed by atoms with Gasteiger partial charge in [-0.1, -0.05) is 49.6 Å². The van der Waals surface area contributed by atoms with Gasteiger partial charge >= 0.3 is 6.18 Å². The van der Waals surface area contributed by atoms with E-state index < -0.39 is 17.8 Å². The van der Waals surface area contributed by atoms with E-state index in [2.05, 4.69) is 0 Å². The molecule has 1 saturated heterocycles. The molecular formula is C26H30F3NO2S. The molecule has 1 aliphatic carbocycles. The van der Waals surface area contributed by atoms with Gasteiger partial charge in [-0.25, -0.2) is 0 Å². The minimum Gasteiger partial charge on any atom is -0.362 e. The van der Waals surface area contributed by atoms with Crippen molar-refractivity contribution in [2.45, 2.75) is 61.8 Å². The van der Waals surface area contributed by atoms with Crippen LogP contribution in [0.2, 0.25) is 0 Å². The number of amides is 1. The fraction of sp³-hybridized carbons (Fsp3) is 0.500. The molecule has 2 fully saturated rings. The predicted octanol–water partition coefficient (Wildman–Crippen LogP) is 6.71. The van der Waals surface area contributed by atoms with E-state index in [9.17, 15) is 18.0 Å². The molecule has 33 heavy (non-hydrogen) atoms. The molecule has 0 radical (unpaired) electrons. The highest BCUT2D eigenvalue weighted by atomic mass is 32.2. The predicted molar refractivity (Wildman–Crippen MR) is 124 cm³/mol. The first kappa shape index (κ1) is 24.1. The number of carbonyl (C=O) groups is 1. The van der Waals surface area contributed by atoms with Crippen molar-refractivity contribution in [2.75, 3.05) is 19.3 Å². The van der Waals surface area contributed by atoms with Gasteiger partial charge in [0.15, 0.2) is 0 Å². The monoisotopic (exact) mass is 477 g/mol. The molecule has 1 aliphatic heterocycles. The smallest absolute Gasteiger partial charge is 0.362 e. The number of hydrogen-bond acceptors (Lipinski definition) is 3. The lowest BCUT2D eigenvalue weighted by Gasteiger charge is -2.41. The topological polar surface area (TPSA) is 29.5 Å². The number of ether oxygens (including phenoxy) is 1. The van der Waals surface area contributed by atoms with Gasteiger partial charge in [-0.3, -0.25) is 4.79 Å². The molecule has 1 heterocycles. The van der Waals surface area contributed by atoms with E-state index >= 15 is 0 Å². The average molecular weight is 478 g/mol. The zero-order valence-corrected chi connectivity index (χ0v) is 19.6. The summed E-state index contributed by atoms with van der Waals surface area (Å²) in [6, 6.07) is 13.0. The summed E-state index contributed by atoms with van der Waals surface area (Å²) in [5.41, 5.74) is 0.0962. The van der Waals surface area contributed by atoms with Gasteiger partial charge in [0.05, 0.1) is 11.7 Å². The number of carbonyl (C=O) groups excluding carboxylic acids is 1. The van der Waals surface area contributed by atoms with E-state index in [1.807, 2.05) is 30.5 Å². The number of benzene rings is 2. The van der Waals surface area contributed by atoms with Crippen LogP contribution in [0.3, 0.4) is 0 Å². The molecule has 178 valence electrons. The summed E-state index contributed by atoms with van der Waals surface area (Å²) in [6.07, 6.45) is 2.79. The summed E-state index contributed by atoms with van der Waals surface area (Å²) in [7, 11) is 0. The molecule has 3 nitrogen and oxygen atoms in total. The summed E-state index contributed by atoms with van der Waals surface area (Å²) >= 11 is 1.57. The molecule has 0 bridgehead atoms. The van der Waals surface area contributed by atoms with Crippen molar-refractivity contribution in [1.82, 2.24) is 4.90 Å². The van der Waals surface area contributed by atoms with Crippen molar-refractivity contribution < 1.29 is 22.7 Å². The standard InChI is InChI=1S/C26H30F3NO2S/c1-33-21-13-11-19(12-14-21)25(22-9-5-6-10-23(22)26(27,28)29)32-20-16-30(17-20)24(31)15-18-7-3-2-4-8-18/h5-6,9-14,18,20,25H,2-4,7-8,15-17H2,1H3. The molecule has 2 aromatic rings. The second kappa shape index (κ2) is 10.5. The second-order valence-corrected chi connectivity index (χ2v) is 9.88. The maximum atomic E-state index is 13.8. The zero-order chi connectivity index (χ0) is 23.4. The van der Waals surface area contributed by atoms with Crippen molar-refractivity contribution in [3.8, 4) is 0 Å². The highest BCUT2D eigenvalue weighted by Gasteiger charge is 2.39. The second-order valence-electron chi connectivity index (χ2n) is 9.00. The Morgan fingerprint density at radius 2 is 1.73 bits per heavy atom. The third kappa shape index (κ3) is 5.93. The number of halogens is 3. The molecule has 1 saturated carbocycles. The summed E-state index contributed by atoms with van der Waals surface area (Å²) in [6.45, 7) is 0.859. The lowest BCUT2D eigenvalue weighted by atomic mass is 9.86. The van der Waals surface area contributed by atoms with E-state index in [0.29, 0.717) is 31.0 Å². The zero-order valence-electron chi connectivity index (χ0n) is 18.8. The quantitative estimate of drug-likeness (QED) is 0.415. The van der Waals surface area contributed by atoms with Crippen LogP contribution in [0.15, 0.2) is 53.4 Å². The molecule has 0 spiro atoms. The van der Waals surface area contributed by atoms with Crippen LogP contribution >= 0.6 is 11.8 Å². The lowest BCUT2D eigenvalue weighted by molar-refractivity contribution is -0.150. The number of nitrogens with zero attached hydrogens (tertiary/aromatic N) is 1. The summed E-state index contributed by atoms with van der Waals surface area (Å²) in [5, 5.41) is 0. The lowest BCUT2D eigenvalue weighted by Crippen LogP contribution is -2.55. The summed E-state index contributed by atoms with van der Waals surface area (Å²) in [4.78, 5) is 15.5. The maximum absolute atomic E-state index is 13.8. The van der Waals surface area contributed by atoms with Crippen LogP contribution in [-0.2, 0) is 15.7 Å². The van der Waals surface area contributed by atoms with E-state index in [0.717, 1.165) is 23.8 Å². The average Bonchev–Trinajstić information content (AvgIpc) is 2.78. The number of alkyl halides is 3. The van der Waals surface area contributed by atoms with Gasteiger partial charge in [-0.15, -0.1) is 11.8 Å². The highest BCUT2D eigenvalue weighted by Crippen LogP contribution is 2.39. The Bertz CT molecular complexity index is 935. The van der Waals surface area contributed by atoms with Gasteiger partial charge in [0.25, 0.3) is 0 Å². The van der Waals surface area contributed by atoms with Crippen molar-refractivity contribution in [2.24, 2.45) is 5.92 Å². The number of thioether (sulfide) groups is 1. The molecule has 1 amide bonds. The molecule has 0 N–H and O–H groups in total. The Labute approximate surface area is 197 Å². The summed E-state index contributed by atoms with van der Waals surface area (Å²) < 4.78 is 47.5. The number of hydrogen-bond donors (Lipinski definition) is 0. The largest absolute Gasteiger partial charge is 0.416 e. The first-order valence-corrected chi connectivity index (χ1v) is 12.8. The van der Waals surface area contributed by atoms with Crippen LogP contribution < -0.4 is 0 Å². The minimum atomic E-state index is -4.47. The van der Waals surface area contributed by atoms with Crippen molar-refractivity contribution in [3.05, 3.63) is 65.2 Å². The normalized spacial score (nSPS) is 18.7. The van der Waals surface area contributed by atoms with Gasteiger partial charge in [0.2, 0.25) is 5.91 Å². The molecule has 2 aromatic carbocycles. The Hall–Kier alpha value is -1.99. The molecule has 7 heteroatoms. The minimum absolute atomic E-state index is 0.105. The number of rotatable bonds is 7. The number of likely N-dealkylation sites (tertiary alicyclic amines) is 1. The SMILES string of the molecule is CSc1ccc(C(OC2CN(C(=O)CC3CCCCC3)C2)c2ccccc2C(F)(F)F)cc1. The molecule has 0 aromatic heterocycles. The van der Waals surface area contributed by atoms with E-state index in [1.54, 1.807) is 22.7 Å². The van der Waals surface area contributed by atoms with Crippen LogP contribution in [0.1, 0.15) is 61.3 Å². The Kier molecular flexibility index (Phi) is 7.69. The molecule has 1 unspecified atom stereocenters. The van der Waals surface area contributed by atoms with Crippen LogP contribution in [0.4, 0.5) is 13.2 Å². The summed E-state index contributed by atoms with van der Waals surface area (Å²) in [5.74, 6) is 0.603.